The zero-order valence-electron chi connectivity index (χ0n) is 18.5. The first kappa shape index (κ1) is 21.3. The molecule has 1 N–H and O–H groups in total. The molecule has 0 radical (unpaired) electrons. The van der Waals surface area contributed by atoms with Gasteiger partial charge in [-0.2, -0.15) is 0 Å². The van der Waals surface area contributed by atoms with E-state index in [0.717, 1.165) is 56.3 Å². The Balaban J connectivity index is 1.36. The molecule has 1 atom stereocenters. The highest BCUT2D eigenvalue weighted by atomic mass is 19.1. The second-order valence-electron chi connectivity index (χ2n) is 9.45. The quantitative estimate of drug-likeness (QED) is 0.790. The maximum Gasteiger partial charge on any atom is 0.254 e. The standard InChI is InChI=1S/C25H31FN4O2/c26-20-10-5-4-9-18(20)15-29-14-12-19-21(16-29)27-23(28-24(19)31)22-11-6-13-30(22)25(32)17-7-2-1-3-8-17/h4-5,9-10,17,22H,1-3,6-8,11-16H2,(H,27,28,31)/t22-/m1/s1. The average Bonchev–Trinajstić information content (AvgIpc) is 3.30. The highest BCUT2D eigenvalue weighted by Gasteiger charge is 2.36. The number of hydrogen-bond acceptors (Lipinski definition) is 4. The summed E-state index contributed by atoms with van der Waals surface area (Å²) in [5.41, 5.74) is 2.05. The van der Waals surface area contributed by atoms with Crippen molar-refractivity contribution in [3.8, 4) is 0 Å². The summed E-state index contributed by atoms with van der Waals surface area (Å²) in [6.45, 7) is 2.44. The van der Waals surface area contributed by atoms with Crippen molar-refractivity contribution in [1.29, 1.82) is 0 Å². The SMILES string of the molecule is O=C(C1CCCCC1)N1CCC[C@@H]1c1nc2c(c(=O)[nH]1)CCN(Cc1ccccc1F)C2. The smallest absolute Gasteiger partial charge is 0.254 e. The van der Waals surface area contributed by atoms with Crippen LogP contribution in [0.25, 0.3) is 0 Å². The molecule has 1 saturated carbocycles. The number of carbonyl (C=O) groups is 1. The molecule has 3 aliphatic rings. The molecular formula is C25H31FN4O2. The summed E-state index contributed by atoms with van der Waals surface area (Å²) >= 11 is 0. The zero-order chi connectivity index (χ0) is 22.1. The van der Waals surface area contributed by atoms with Gasteiger partial charge >= 0.3 is 0 Å². The number of carbonyl (C=O) groups excluding carboxylic acids is 1. The van der Waals surface area contributed by atoms with Crippen LogP contribution in [-0.2, 0) is 24.3 Å². The van der Waals surface area contributed by atoms with Gasteiger partial charge in [-0.15, -0.1) is 0 Å². The van der Waals surface area contributed by atoms with Crippen molar-refractivity contribution < 1.29 is 9.18 Å². The van der Waals surface area contributed by atoms with E-state index < -0.39 is 0 Å². The fourth-order valence-electron chi connectivity index (χ4n) is 5.57. The van der Waals surface area contributed by atoms with Gasteiger partial charge in [0.2, 0.25) is 5.91 Å². The minimum atomic E-state index is -0.208. The molecule has 1 saturated heterocycles. The first-order valence-electron chi connectivity index (χ1n) is 12.0. The first-order valence-corrected chi connectivity index (χ1v) is 12.0. The fraction of sp³-hybridized carbons (Fsp3) is 0.560. The molecular weight excluding hydrogens is 407 g/mol. The molecule has 1 amide bonds. The highest BCUT2D eigenvalue weighted by molar-refractivity contribution is 5.79. The number of aromatic nitrogens is 2. The molecule has 2 fully saturated rings. The van der Waals surface area contributed by atoms with Crippen LogP contribution in [0.3, 0.4) is 0 Å². The number of hydrogen-bond donors (Lipinski definition) is 1. The van der Waals surface area contributed by atoms with Crippen LogP contribution in [0.4, 0.5) is 4.39 Å². The average molecular weight is 439 g/mol. The van der Waals surface area contributed by atoms with Crippen LogP contribution >= 0.6 is 0 Å². The molecule has 5 rings (SSSR count). The van der Waals surface area contributed by atoms with Crippen molar-refractivity contribution >= 4 is 5.91 Å². The zero-order valence-corrected chi connectivity index (χ0v) is 18.5. The van der Waals surface area contributed by atoms with Crippen molar-refractivity contribution in [1.82, 2.24) is 19.8 Å². The van der Waals surface area contributed by atoms with Gasteiger partial charge in [-0.1, -0.05) is 37.5 Å². The lowest BCUT2D eigenvalue weighted by atomic mass is 9.88. The van der Waals surface area contributed by atoms with E-state index in [2.05, 4.69) is 9.88 Å². The maximum absolute atomic E-state index is 14.1. The van der Waals surface area contributed by atoms with Gasteiger partial charge in [0.1, 0.15) is 11.6 Å². The minimum Gasteiger partial charge on any atom is -0.332 e. The number of aromatic amines is 1. The largest absolute Gasteiger partial charge is 0.332 e. The summed E-state index contributed by atoms with van der Waals surface area (Å²) in [5, 5.41) is 0. The number of nitrogens with zero attached hydrogens (tertiary/aromatic N) is 3. The topological polar surface area (TPSA) is 69.3 Å². The van der Waals surface area contributed by atoms with Crippen LogP contribution in [0.2, 0.25) is 0 Å². The molecule has 2 aliphatic heterocycles. The summed E-state index contributed by atoms with van der Waals surface area (Å²) in [6, 6.07) is 6.67. The van der Waals surface area contributed by atoms with Gasteiger partial charge in [-0.05, 0) is 38.2 Å². The number of halogens is 1. The normalized spacial score (nSPS) is 22.2. The lowest BCUT2D eigenvalue weighted by molar-refractivity contribution is -0.137. The summed E-state index contributed by atoms with van der Waals surface area (Å²) in [5.74, 6) is 0.752. The van der Waals surface area contributed by atoms with Gasteiger partial charge in [0.25, 0.3) is 5.56 Å². The Labute approximate surface area is 187 Å². The van der Waals surface area contributed by atoms with Crippen LogP contribution < -0.4 is 5.56 Å². The predicted molar refractivity (Wildman–Crippen MR) is 119 cm³/mol. The third-order valence-corrected chi connectivity index (χ3v) is 7.33. The van der Waals surface area contributed by atoms with E-state index in [1.165, 1.54) is 12.5 Å². The number of likely N-dealkylation sites (tertiary alicyclic amines) is 1. The summed E-state index contributed by atoms with van der Waals surface area (Å²) in [6.07, 6.45) is 7.78. The Morgan fingerprint density at radius 2 is 1.91 bits per heavy atom. The molecule has 3 heterocycles. The van der Waals surface area contributed by atoms with Gasteiger partial charge < -0.3 is 9.88 Å². The van der Waals surface area contributed by atoms with Crippen LogP contribution in [0.5, 0.6) is 0 Å². The Kier molecular flexibility index (Phi) is 6.09. The number of benzene rings is 1. The van der Waals surface area contributed by atoms with E-state index in [9.17, 15) is 14.0 Å². The van der Waals surface area contributed by atoms with E-state index in [-0.39, 0.29) is 29.2 Å². The molecule has 0 bridgehead atoms. The monoisotopic (exact) mass is 438 g/mol. The number of amides is 1. The molecule has 6 nitrogen and oxygen atoms in total. The van der Waals surface area contributed by atoms with Crippen molar-refractivity contribution in [3.63, 3.8) is 0 Å². The van der Waals surface area contributed by atoms with Gasteiger partial charge in [-0.25, -0.2) is 9.37 Å². The van der Waals surface area contributed by atoms with Crippen LogP contribution in [-0.4, -0.2) is 38.8 Å². The van der Waals surface area contributed by atoms with Gasteiger partial charge in [0.15, 0.2) is 0 Å². The van der Waals surface area contributed by atoms with E-state index >= 15 is 0 Å². The van der Waals surface area contributed by atoms with Crippen molar-refractivity contribution in [2.75, 3.05) is 13.1 Å². The van der Waals surface area contributed by atoms with Crippen molar-refractivity contribution in [2.24, 2.45) is 5.92 Å². The molecule has 1 aliphatic carbocycles. The molecule has 170 valence electrons. The molecule has 7 heteroatoms. The molecule has 1 aromatic heterocycles. The number of fused-ring (bicyclic) bond motifs is 1. The number of nitrogens with one attached hydrogen (secondary N) is 1. The van der Waals surface area contributed by atoms with Crippen molar-refractivity contribution in [2.45, 2.75) is 70.5 Å². The van der Waals surface area contributed by atoms with E-state index in [4.69, 9.17) is 4.98 Å². The van der Waals surface area contributed by atoms with Crippen LogP contribution in [0, 0.1) is 11.7 Å². The van der Waals surface area contributed by atoms with Gasteiger partial charge in [-0.3, -0.25) is 14.5 Å². The number of rotatable bonds is 4. The molecule has 0 spiro atoms. The van der Waals surface area contributed by atoms with Gasteiger partial charge in [0.05, 0.1) is 11.7 Å². The Bertz CT molecular complexity index is 1050. The molecule has 32 heavy (non-hydrogen) atoms. The van der Waals surface area contributed by atoms with E-state index in [1.807, 2.05) is 11.0 Å². The second-order valence-corrected chi connectivity index (χ2v) is 9.45. The first-order chi connectivity index (χ1) is 15.6. The Hall–Kier alpha value is -2.54. The molecule has 1 aromatic carbocycles. The van der Waals surface area contributed by atoms with E-state index in [1.54, 1.807) is 12.1 Å². The lowest BCUT2D eigenvalue weighted by Crippen LogP contribution is -2.39. The summed E-state index contributed by atoms with van der Waals surface area (Å²) < 4.78 is 14.1. The Morgan fingerprint density at radius 3 is 2.72 bits per heavy atom. The fourth-order valence-corrected chi connectivity index (χ4v) is 5.57. The third kappa shape index (κ3) is 4.22. The maximum atomic E-state index is 14.1. The summed E-state index contributed by atoms with van der Waals surface area (Å²) in [7, 11) is 0. The Morgan fingerprint density at radius 1 is 1.09 bits per heavy atom. The van der Waals surface area contributed by atoms with Crippen LogP contribution in [0.1, 0.15) is 73.6 Å². The third-order valence-electron chi connectivity index (χ3n) is 7.33. The molecule has 0 unspecified atom stereocenters. The van der Waals surface area contributed by atoms with Crippen molar-refractivity contribution in [3.05, 3.63) is 63.1 Å². The minimum absolute atomic E-state index is 0.0903. The van der Waals surface area contributed by atoms with Crippen LogP contribution in [0.15, 0.2) is 29.1 Å². The second kappa shape index (κ2) is 9.14. The van der Waals surface area contributed by atoms with Gasteiger partial charge in [0, 0.05) is 43.2 Å². The number of H-pyrrole nitrogens is 1. The highest BCUT2D eigenvalue weighted by Crippen LogP contribution is 2.34. The summed E-state index contributed by atoms with van der Waals surface area (Å²) in [4.78, 5) is 38.0. The lowest BCUT2D eigenvalue weighted by Gasteiger charge is -2.31. The van der Waals surface area contributed by atoms with E-state index in [0.29, 0.717) is 37.4 Å². The predicted octanol–water partition coefficient (Wildman–Crippen LogP) is 3.71. The molecule has 2 aromatic rings.